The lowest BCUT2D eigenvalue weighted by Crippen LogP contribution is -2.13. The molecule has 5 heteroatoms. The summed E-state index contributed by atoms with van der Waals surface area (Å²) in [5.41, 5.74) is 0.282. The third-order valence-electron chi connectivity index (χ3n) is 1.37. The molecule has 5 nitrogen and oxygen atoms in total. The molecule has 0 saturated heterocycles. The highest BCUT2D eigenvalue weighted by molar-refractivity contribution is 5.87. The van der Waals surface area contributed by atoms with Crippen molar-refractivity contribution < 1.29 is 23.7 Å². The second-order valence-electron chi connectivity index (χ2n) is 2.82. The molecule has 0 fully saturated rings. The van der Waals surface area contributed by atoms with Crippen molar-refractivity contribution in [1.82, 2.24) is 0 Å². The van der Waals surface area contributed by atoms with Crippen LogP contribution in [-0.4, -0.2) is 39.9 Å². The summed E-state index contributed by atoms with van der Waals surface area (Å²) in [6, 6.07) is 0. The van der Waals surface area contributed by atoms with Crippen molar-refractivity contribution >= 4 is 5.97 Å². The number of carbonyl (C=O) groups is 1. The van der Waals surface area contributed by atoms with E-state index in [2.05, 4.69) is 11.3 Å². The molecule has 15 heavy (non-hydrogen) atoms. The van der Waals surface area contributed by atoms with Crippen LogP contribution < -0.4 is 0 Å². The first-order valence-electron chi connectivity index (χ1n) is 4.71. The molecule has 0 radical (unpaired) electrons. The number of ether oxygens (including phenoxy) is 4. The van der Waals surface area contributed by atoms with Crippen molar-refractivity contribution in [1.29, 1.82) is 0 Å². The predicted octanol–water partition coefficient (Wildman–Crippen LogP) is 1.09. The van der Waals surface area contributed by atoms with Crippen molar-refractivity contribution in [2.75, 3.05) is 33.9 Å². The van der Waals surface area contributed by atoms with E-state index in [0.29, 0.717) is 6.61 Å². The van der Waals surface area contributed by atoms with Gasteiger partial charge in [-0.3, -0.25) is 0 Å². The van der Waals surface area contributed by atoms with Crippen molar-refractivity contribution in [3.8, 4) is 0 Å². The fourth-order valence-corrected chi connectivity index (χ4v) is 0.697. The van der Waals surface area contributed by atoms with Gasteiger partial charge in [0.1, 0.15) is 13.6 Å². The molecule has 0 N–H and O–H groups in total. The van der Waals surface area contributed by atoms with Crippen LogP contribution in [0.15, 0.2) is 12.2 Å². The second-order valence-corrected chi connectivity index (χ2v) is 2.82. The highest BCUT2D eigenvalue weighted by Gasteiger charge is 2.07. The first-order valence-corrected chi connectivity index (χ1v) is 4.71. The number of hydrogen-bond donors (Lipinski definition) is 0. The van der Waals surface area contributed by atoms with Crippen molar-refractivity contribution in [3.63, 3.8) is 0 Å². The molecule has 0 saturated carbocycles. The van der Waals surface area contributed by atoms with Crippen molar-refractivity contribution in [2.24, 2.45) is 0 Å². The number of methoxy groups -OCH3 is 1. The van der Waals surface area contributed by atoms with Gasteiger partial charge in [-0.25, -0.2) is 4.79 Å². The first-order chi connectivity index (χ1) is 7.22. The minimum Gasteiger partial charge on any atom is -0.462 e. The molecule has 0 spiro atoms. The third kappa shape index (κ3) is 8.11. The summed E-state index contributed by atoms with van der Waals surface area (Å²) in [5.74, 6) is -0.427. The highest BCUT2D eigenvalue weighted by atomic mass is 16.7. The van der Waals surface area contributed by atoms with Crippen LogP contribution in [0.5, 0.6) is 0 Å². The summed E-state index contributed by atoms with van der Waals surface area (Å²) >= 11 is 0. The Bertz CT molecular complexity index is 190. The summed E-state index contributed by atoms with van der Waals surface area (Å²) in [6.45, 7) is 6.19. The Hall–Kier alpha value is -0.910. The number of hydrogen-bond acceptors (Lipinski definition) is 5. The number of esters is 1. The number of carbonyl (C=O) groups excluding carboxylic acids is 1. The maximum absolute atomic E-state index is 11.2. The lowest BCUT2D eigenvalue weighted by Gasteiger charge is -2.07. The van der Waals surface area contributed by atoms with E-state index in [1.807, 2.05) is 6.92 Å². The maximum Gasteiger partial charge on any atom is 0.335 e. The average Bonchev–Trinajstić information content (AvgIpc) is 2.25. The van der Waals surface area contributed by atoms with Crippen LogP contribution >= 0.6 is 0 Å². The van der Waals surface area contributed by atoms with Gasteiger partial charge in [-0.05, 0) is 6.42 Å². The van der Waals surface area contributed by atoms with Gasteiger partial charge >= 0.3 is 5.97 Å². The molecule has 0 aliphatic carbocycles. The average molecular weight is 218 g/mol. The Morgan fingerprint density at radius 1 is 1.27 bits per heavy atom. The molecular weight excluding hydrogens is 200 g/mol. The van der Waals surface area contributed by atoms with Gasteiger partial charge in [-0.15, -0.1) is 0 Å². The Balaban J connectivity index is 3.43. The zero-order valence-corrected chi connectivity index (χ0v) is 9.28. The molecule has 0 unspecified atom stereocenters. The van der Waals surface area contributed by atoms with Gasteiger partial charge in [0.15, 0.2) is 0 Å². The standard InChI is InChI=1S/C10H18O5/c1-4-5-15-10(11)9(2)6-13-8-14-7-12-3/h2,4-8H2,1,3H3. The molecule has 0 heterocycles. The SMILES string of the molecule is C=C(COCOCOC)C(=O)OCCC. The van der Waals surface area contributed by atoms with E-state index >= 15 is 0 Å². The minimum absolute atomic E-state index is 0.0634. The molecule has 0 rings (SSSR count). The highest BCUT2D eigenvalue weighted by Crippen LogP contribution is 1.97. The van der Waals surface area contributed by atoms with Crippen LogP contribution in [0.3, 0.4) is 0 Å². The van der Waals surface area contributed by atoms with E-state index < -0.39 is 5.97 Å². The van der Waals surface area contributed by atoms with E-state index in [-0.39, 0.29) is 25.8 Å². The Morgan fingerprint density at radius 3 is 2.60 bits per heavy atom. The zero-order valence-electron chi connectivity index (χ0n) is 9.28. The van der Waals surface area contributed by atoms with Crippen LogP contribution in [0.2, 0.25) is 0 Å². The van der Waals surface area contributed by atoms with E-state index in [1.54, 1.807) is 0 Å². The van der Waals surface area contributed by atoms with Crippen molar-refractivity contribution in [3.05, 3.63) is 12.2 Å². The topological polar surface area (TPSA) is 54.0 Å². The Kier molecular flexibility index (Phi) is 9.05. The monoisotopic (exact) mass is 218 g/mol. The fourth-order valence-electron chi connectivity index (χ4n) is 0.697. The van der Waals surface area contributed by atoms with Gasteiger partial charge in [0, 0.05) is 7.11 Å². The van der Waals surface area contributed by atoms with E-state index in [1.165, 1.54) is 7.11 Å². The molecule has 0 atom stereocenters. The molecule has 0 aliphatic heterocycles. The molecule has 0 aromatic rings. The quantitative estimate of drug-likeness (QED) is 0.251. The molecule has 0 aliphatic rings. The molecule has 0 aromatic heterocycles. The van der Waals surface area contributed by atoms with Gasteiger partial charge < -0.3 is 18.9 Å². The van der Waals surface area contributed by atoms with Crippen LogP contribution in [0.4, 0.5) is 0 Å². The molecular formula is C10H18O5. The minimum atomic E-state index is -0.427. The zero-order chi connectivity index (χ0) is 11.5. The summed E-state index contributed by atoms with van der Waals surface area (Å²) in [5, 5.41) is 0. The normalized spacial score (nSPS) is 10.0. The second kappa shape index (κ2) is 9.64. The Labute approximate surface area is 89.9 Å². The largest absolute Gasteiger partial charge is 0.462 e. The van der Waals surface area contributed by atoms with Crippen LogP contribution in [0.1, 0.15) is 13.3 Å². The van der Waals surface area contributed by atoms with Crippen LogP contribution in [0.25, 0.3) is 0 Å². The predicted molar refractivity (Wildman–Crippen MR) is 54.2 cm³/mol. The van der Waals surface area contributed by atoms with Crippen LogP contribution in [-0.2, 0) is 23.7 Å². The smallest absolute Gasteiger partial charge is 0.335 e. The van der Waals surface area contributed by atoms with E-state index in [9.17, 15) is 4.79 Å². The van der Waals surface area contributed by atoms with Crippen molar-refractivity contribution in [2.45, 2.75) is 13.3 Å². The summed E-state index contributed by atoms with van der Waals surface area (Å²) in [4.78, 5) is 11.2. The summed E-state index contributed by atoms with van der Waals surface area (Å²) in [6.07, 6.45) is 0.789. The van der Waals surface area contributed by atoms with Gasteiger partial charge in [-0.2, -0.15) is 0 Å². The third-order valence-corrected chi connectivity index (χ3v) is 1.37. The lowest BCUT2D eigenvalue weighted by atomic mass is 10.3. The maximum atomic E-state index is 11.2. The molecule has 88 valence electrons. The van der Waals surface area contributed by atoms with Crippen LogP contribution in [0, 0.1) is 0 Å². The fraction of sp³-hybridized carbons (Fsp3) is 0.700. The van der Waals surface area contributed by atoms with Gasteiger partial charge in [0.05, 0.1) is 18.8 Å². The van der Waals surface area contributed by atoms with Gasteiger partial charge in [0.25, 0.3) is 0 Å². The molecule has 0 bridgehead atoms. The molecule has 0 amide bonds. The summed E-state index contributed by atoms with van der Waals surface area (Å²) in [7, 11) is 1.51. The van der Waals surface area contributed by atoms with E-state index in [4.69, 9.17) is 14.2 Å². The van der Waals surface area contributed by atoms with Gasteiger partial charge in [0.2, 0.25) is 0 Å². The Morgan fingerprint density at radius 2 is 2.00 bits per heavy atom. The van der Waals surface area contributed by atoms with E-state index in [0.717, 1.165) is 6.42 Å². The lowest BCUT2D eigenvalue weighted by molar-refractivity contribution is -0.142. The number of rotatable bonds is 9. The molecule has 0 aromatic carbocycles. The first kappa shape index (κ1) is 14.1. The van der Waals surface area contributed by atoms with Gasteiger partial charge in [-0.1, -0.05) is 13.5 Å². The summed E-state index contributed by atoms with van der Waals surface area (Å²) < 4.78 is 19.3.